The van der Waals surface area contributed by atoms with Crippen LogP contribution in [0.2, 0.25) is 5.02 Å². The highest BCUT2D eigenvalue weighted by molar-refractivity contribution is 9.10. The fraction of sp³-hybridized carbons (Fsp3) is 0.333. The van der Waals surface area contributed by atoms with Gasteiger partial charge < -0.3 is 10.2 Å². The molecule has 0 aliphatic rings. The molecule has 0 heterocycles. The maximum absolute atomic E-state index is 13.3. The van der Waals surface area contributed by atoms with Gasteiger partial charge in [-0.15, -0.1) is 0 Å². The number of benzene rings is 2. The second-order valence-electron chi connectivity index (χ2n) is 7.14. The molecule has 0 saturated heterocycles. The van der Waals surface area contributed by atoms with Crippen molar-refractivity contribution in [3.63, 3.8) is 0 Å². The van der Waals surface area contributed by atoms with E-state index in [1.54, 1.807) is 26.0 Å². The van der Waals surface area contributed by atoms with Crippen molar-refractivity contribution in [1.29, 1.82) is 0 Å². The van der Waals surface area contributed by atoms with Crippen molar-refractivity contribution in [2.75, 3.05) is 24.2 Å². The number of sulfonamides is 1. The van der Waals surface area contributed by atoms with Crippen molar-refractivity contribution in [1.82, 2.24) is 10.2 Å². The van der Waals surface area contributed by atoms with Crippen molar-refractivity contribution < 1.29 is 18.0 Å². The monoisotopic (exact) mass is 529 g/mol. The minimum Gasteiger partial charge on any atom is -0.357 e. The number of nitrogens with zero attached hydrogens (tertiary/aromatic N) is 2. The number of nitrogens with one attached hydrogen (secondary N) is 1. The molecule has 1 atom stereocenters. The van der Waals surface area contributed by atoms with Gasteiger partial charge in [-0.3, -0.25) is 13.9 Å². The van der Waals surface area contributed by atoms with Crippen molar-refractivity contribution in [2.24, 2.45) is 0 Å². The summed E-state index contributed by atoms with van der Waals surface area (Å²) in [6.45, 7) is 3.01. The zero-order valence-corrected chi connectivity index (χ0v) is 20.9. The van der Waals surface area contributed by atoms with Crippen molar-refractivity contribution in [3.8, 4) is 0 Å². The van der Waals surface area contributed by atoms with Gasteiger partial charge in [0.25, 0.3) is 0 Å². The van der Waals surface area contributed by atoms with Crippen LogP contribution < -0.4 is 9.62 Å². The number of halogens is 2. The van der Waals surface area contributed by atoms with Gasteiger partial charge in [-0.25, -0.2) is 8.42 Å². The molecule has 2 aromatic rings. The van der Waals surface area contributed by atoms with Crippen LogP contribution in [0.3, 0.4) is 0 Å². The summed E-state index contributed by atoms with van der Waals surface area (Å²) in [7, 11) is -2.31. The molecule has 0 radical (unpaired) electrons. The van der Waals surface area contributed by atoms with Gasteiger partial charge in [0.1, 0.15) is 12.6 Å². The van der Waals surface area contributed by atoms with Crippen LogP contribution in [0.15, 0.2) is 46.9 Å². The first-order valence-electron chi connectivity index (χ1n) is 9.43. The Morgan fingerprint density at radius 2 is 1.87 bits per heavy atom. The fourth-order valence-corrected chi connectivity index (χ4v) is 4.58. The van der Waals surface area contributed by atoms with E-state index in [2.05, 4.69) is 21.2 Å². The molecule has 2 rings (SSSR count). The highest BCUT2D eigenvalue weighted by Crippen LogP contribution is 2.27. The topological polar surface area (TPSA) is 86.8 Å². The van der Waals surface area contributed by atoms with Crippen LogP contribution in [0.1, 0.15) is 18.1 Å². The Hall–Kier alpha value is -2.10. The van der Waals surface area contributed by atoms with Gasteiger partial charge in [-0.05, 0) is 49.2 Å². The molecule has 1 N–H and O–H groups in total. The summed E-state index contributed by atoms with van der Waals surface area (Å²) in [5.41, 5.74) is 1.77. The predicted octanol–water partition coefficient (Wildman–Crippen LogP) is 3.34. The highest BCUT2D eigenvalue weighted by Gasteiger charge is 2.30. The van der Waals surface area contributed by atoms with Crippen LogP contribution in [0.25, 0.3) is 0 Å². The van der Waals surface area contributed by atoms with E-state index in [0.717, 1.165) is 20.6 Å². The van der Waals surface area contributed by atoms with Crippen LogP contribution >= 0.6 is 27.5 Å². The normalized spacial score (nSPS) is 12.2. The van der Waals surface area contributed by atoms with E-state index in [1.807, 2.05) is 24.3 Å². The molecule has 0 aliphatic heterocycles. The summed E-state index contributed by atoms with van der Waals surface area (Å²) in [6, 6.07) is 11.4. The lowest BCUT2D eigenvalue weighted by molar-refractivity contribution is -0.139. The van der Waals surface area contributed by atoms with Gasteiger partial charge >= 0.3 is 0 Å². The summed E-state index contributed by atoms with van der Waals surface area (Å²) in [5, 5.41) is 2.89. The Bertz CT molecular complexity index is 1080. The maximum Gasteiger partial charge on any atom is 0.244 e. The first-order chi connectivity index (χ1) is 14.4. The predicted molar refractivity (Wildman–Crippen MR) is 127 cm³/mol. The first kappa shape index (κ1) is 25.2. The molecule has 0 aromatic heterocycles. The molecule has 7 nitrogen and oxygen atoms in total. The summed E-state index contributed by atoms with van der Waals surface area (Å²) in [4.78, 5) is 27.0. The van der Waals surface area contributed by atoms with Crippen molar-refractivity contribution in [2.45, 2.75) is 26.4 Å². The number of hydrogen-bond acceptors (Lipinski definition) is 4. The lowest BCUT2D eigenvalue weighted by Gasteiger charge is -2.31. The van der Waals surface area contributed by atoms with Crippen molar-refractivity contribution >= 4 is 55.1 Å². The fourth-order valence-electron chi connectivity index (χ4n) is 3.07. The van der Waals surface area contributed by atoms with Crippen LogP contribution in [0.4, 0.5) is 5.69 Å². The van der Waals surface area contributed by atoms with E-state index < -0.39 is 28.5 Å². The average Bonchev–Trinajstić information content (AvgIpc) is 2.70. The summed E-state index contributed by atoms with van der Waals surface area (Å²) in [6.07, 6.45) is 1.03. The number of rotatable bonds is 8. The van der Waals surface area contributed by atoms with Gasteiger partial charge in [-0.2, -0.15) is 0 Å². The van der Waals surface area contributed by atoms with Gasteiger partial charge in [0.15, 0.2) is 0 Å². The summed E-state index contributed by atoms with van der Waals surface area (Å²) >= 11 is 9.47. The molecule has 2 amide bonds. The Labute approximate surface area is 196 Å². The summed E-state index contributed by atoms with van der Waals surface area (Å²) in [5.74, 6) is -0.867. The average molecular weight is 531 g/mol. The second kappa shape index (κ2) is 10.5. The lowest BCUT2D eigenvalue weighted by Crippen LogP contribution is -2.50. The molecule has 0 saturated carbocycles. The zero-order valence-electron chi connectivity index (χ0n) is 17.7. The molecule has 2 aromatic carbocycles. The number of aryl methyl sites for hydroxylation is 1. The number of hydrogen-bond donors (Lipinski definition) is 1. The van der Waals surface area contributed by atoms with Crippen LogP contribution in [-0.2, 0) is 26.2 Å². The van der Waals surface area contributed by atoms with Crippen molar-refractivity contribution in [3.05, 3.63) is 63.1 Å². The number of likely N-dealkylation sites (N-methyl/N-ethyl adjacent to an activating group) is 1. The molecule has 10 heteroatoms. The minimum atomic E-state index is -3.80. The molecule has 0 bridgehead atoms. The minimum absolute atomic E-state index is 0.138. The smallest absolute Gasteiger partial charge is 0.244 e. The Morgan fingerprint density at radius 3 is 2.45 bits per heavy atom. The SMILES string of the molecule is CNC(=O)[C@@H](C)N(Cc1cccc(Br)c1)C(=O)CN(c1cc(Cl)ccc1C)S(C)(=O)=O. The van der Waals surface area contributed by atoms with Gasteiger partial charge in [0.2, 0.25) is 21.8 Å². The third-order valence-electron chi connectivity index (χ3n) is 4.77. The quantitative estimate of drug-likeness (QED) is 0.567. The standard InChI is InChI=1S/C21H25BrClN3O4S/c1-14-8-9-18(23)11-19(14)26(31(4,29)30)13-20(27)25(15(2)21(28)24-3)12-16-6-5-7-17(22)10-16/h5-11,15H,12-13H2,1-4H3,(H,24,28)/t15-/m1/s1. The van der Waals surface area contributed by atoms with E-state index in [1.165, 1.54) is 18.0 Å². The molecular weight excluding hydrogens is 506 g/mol. The number of carbonyl (C=O) groups excluding carboxylic acids is 2. The second-order valence-corrected chi connectivity index (χ2v) is 10.4. The molecule has 0 spiro atoms. The molecule has 31 heavy (non-hydrogen) atoms. The van der Waals surface area contributed by atoms with E-state index in [9.17, 15) is 18.0 Å². The van der Waals surface area contributed by atoms with Gasteiger partial charge in [0, 0.05) is 23.1 Å². The number of carbonyl (C=O) groups is 2. The third-order valence-corrected chi connectivity index (χ3v) is 6.63. The van der Waals surface area contributed by atoms with Crippen LogP contribution in [-0.4, -0.2) is 51.0 Å². The Balaban J connectivity index is 2.43. The van der Waals surface area contributed by atoms with Crippen LogP contribution in [0.5, 0.6) is 0 Å². The molecule has 0 aliphatic carbocycles. The summed E-state index contributed by atoms with van der Waals surface area (Å²) < 4.78 is 26.9. The first-order valence-corrected chi connectivity index (χ1v) is 12.5. The third kappa shape index (κ3) is 6.69. The Morgan fingerprint density at radius 1 is 1.19 bits per heavy atom. The molecular formula is C21H25BrClN3O4S. The highest BCUT2D eigenvalue weighted by atomic mass is 79.9. The van der Waals surface area contributed by atoms with Gasteiger partial charge in [0.05, 0.1) is 11.9 Å². The lowest BCUT2D eigenvalue weighted by atomic mass is 10.1. The van der Waals surface area contributed by atoms with E-state index in [-0.39, 0.29) is 12.5 Å². The molecule has 168 valence electrons. The Kier molecular flexibility index (Phi) is 8.50. The van der Waals surface area contributed by atoms with E-state index in [0.29, 0.717) is 16.3 Å². The largest absolute Gasteiger partial charge is 0.357 e. The van der Waals surface area contributed by atoms with E-state index >= 15 is 0 Å². The molecule has 0 fully saturated rings. The van der Waals surface area contributed by atoms with Crippen LogP contribution in [0, 0.1) is 6.92 Å². The number of anilines is 1. The maximum atomic E-state index is 13.3. The number of amides is 2. The molecule has 0 unspecified atom stereocenters. The zero-order chi connectivity index (χ0) is 23.3. The van der Waals surface area contributed by atoms with Gasteiger partial charge in [-0.1, -0.05) is 45.7 Å². The van der Waals surface area contributed by atoms with E-state index in [4.69, 9.17) is 11.6 Å².